The molecule has 0 aliphatic carbocycles. The van der Waals surface area contributed by atoms with E-state index in [4.69, 9.17) is 4.74 Å². The third kappa shape index (κ3) is 4.62. The number of amides is 1. The van der Waals surface area contributed by atoms with Crippen LogP contribution in [0.25, 0.3) is 10.2 Å². The molecule has 0 saturated carbocycles. The monoisotopic (exact) mass is 537 g/mol. The molecule has 0 saturated heterocycles. The second-order valence-electron chi connectivity index (χ2n) is 9.43. The highest BCUT2D eigenvalue weighted by Crippen LogP contribution is 2.38. The maximum Gasteiger partial charge on any atom is 0.308 e. The van der Waals surface area contributed by atoms with E-state index in [1.807, 2.05) is 33.8 Å². The van der Waals surface area contributed by atoms with E-state index in [1.165, 1.54) is 4.31 Å². The van der Waals surface area contributed by atoms with Crippen LogP contribution in [-0.2, 0) is 14.8 Å². The molecule has 1 aliphatic rings. The predicted molar refractivity (Wildman–Crippen MR) is 146 cm³/mol. The zero-order chi connectivity index (χ0) is 26.5. The van der Waals surface area contributed by atoms with Gasteiger partial charge in [0.15, 0.2) is 6.10 Å². The van der Waals surface area contributed by atoms with Gasteiger partial charge in [-0.2, -0.15) is 0 Å². The van der Waals surface area contributed by atoms with Gasteiger partial charge < -0.3 is 10.1 Å². The minimum Gasteiger partial charge on any atom is -0.476 e. The number of fused-ring (bicyclic) bond motifs is 2. The molecule has 2 heterocycles. The van der Waals surface area contributed by atoms with Gasteiger partial charge in [-0.1, -0.05) is 35.1 Å². The first-order chi connectivity index (χ1) is 17.5. The van der Waals surface area contributed by atoms with Gasteiger partial charge in [0.25, 0.3) is 15.9 Å². The van der Waals surface area contributed by atoms with E-state index in [9.17, 15) is 18.0 Å². The van der Waals surface area contributed by atoms with Crippen LogP contribution in [0.1, 0.15) is 31.0 Å². The zero-order valence-corrected chi connectivity index (χ0v) is 22.5. The molecule has 1 atom stereocenters. The van der Waals surface area contributed by atoms with Gasteiger partial charge >= 0.3 is 4.87 Å². The predicted octanol–water partition coefficient (Wildman–Crippen LogP) is 4.86. The summed E-state index contributed by atoms with van der Waals surface area (Å²) >= 11 is 1.12. The lowest BCUT2D eigenvalue weighted by Crippen LogP contribution is -2.48. The number of aromatic nitrogens is 1. The fourth-order valence-corrected chi connectivity index (χ4v) is 6.92. The standard InChI is InChI=1S/C27H27N3O5S2/c1-16(2)30-22-12-8-19(14-25(22)36-27(30)32)28-26(31)24-15-29(21-11-7-18(4)13-23(21)35-24)37(33,34)20-9-5-17(3)6-10-20/h5-14,16,24H,15H2,1-4H3,(H,28,31)/t24-/m1/s1. The Morgan fingerprint density at radius 1 is 1.03 bits per heavy atom. The number of benzene rings is 3. The Labute approximate surface area is 219 Å². The van der Waals surface area contributed by atoms with Gasteiger partial charge in [-0.25, -0.2) is 8.42 Å². The van der Waals surface area contributed by atoms with Crippen LogP contribution >= 0.6 is 11.3 Å². The zero-order valence-electron chi connectivity index (χ0n) is 20.9. The van der Waals surface area contributed by atoms with Crippen molar-refractivity contribution >= 4 is 48.9 Å². The quantitative estimate of drug-likeness (QED) is 0.392. The van der Waals surface area contributed by atoms with Crippen molar-refractivity contribution in [3.63, 3.8) is 0 Å². The van der Waals surface area contributed by atoms with Crippen LogP contribution < -0.4 is 19.2 Å². The van der Waals surface area contributed by atoms with Crippen LogP contribution in [0.4, 0.5) is 11.4 Å². The number of nitrogens with one attached hydrogen (secondary N) is 1. The van der Waals surface area contributed by atoms with Crippen molar-refractivity contribution in [2.75, 3.05) is 16.2 Å². The number of hydrogen-bond acceptors (Lipinski definition) is 6. The Morgan fingerprint density at radius 3 is 2.43 bits per heavy atom. The molecule has 1 aromatic heterocycles. The first-order valence-electron chi connectivity index (χ1n) is 11.9. The Bertz CT molecular complexity index is 1670. The topological polar surface area (TPSA) is 97.7 Å². The number of anilines is 2. The summed E-state index contributed by atoms with van der Waals surface area (Å²) in [7, 11) is -3.95. The minimum atomic E-state index is -3.95. The number of aryl methyl sites for hydroxylation is 2. The van der Waals surface area contributed by atoms with E-state index in [-0.39, 0.29) is 22.4 Å². The largest absolute Gasteiger partial charge is 0.476 e. The molecule has 1 amide bonds. The molecule has 0 radical (unpaired) electrons. The Hall–Kier alpha value is -3.63. The number of carbonyl (C=O) groups excluding carboxylic acids is 1. The lowest BCUT2D eigenvalue weighted by atomic mass is 10.1. The molecular weight excluding hydrogens is 510 g/mol. The molecule has 1 N–H and O–H groups in total. The lowest BCUT2D eigenvalue weighted by molar-refractivity contribution is -0.122. The highest BCUT2D eigenvalue weighted by molar-refractivity contribution is 7.92. The summed E-state index contributed by atoms with van der Waals surface area (Å²) in [6.45, 7) is 7.46. The van der Waals surface area contributed by atoms with Gasteiger partial charge in [0.05, 0.1) is 27.3 Å². The van der Waals surface area contributed by atoms with Crippen LogP contribution in [0.15, 0.2) is 70.4 Å². The van der Waals surface area contributed by atoms with E-state index in [0.29, 0.717) is 17.1 Å². The van der Waals surface area contributed by atoms with Crippen LogP contribution in [0.5, 0.6) is 5.75 Å². The molecule has 192 valence electrons. The maximum absolute atomic E-state index is 13.6. The molecule has 4 aromatic rings. The van der Waals surface area contributed by atoms with Crippen LogP contribution in [-0.4, -0.2) is 31.5 Å². The lowest BCUT2D eigenvalue weighted by Gasteiger charge is -2.35. The molecule has 5 rings (SSSR count). The average Bonchev–Trinajstić information content (AvgIpc) is 3.18. The molecule has 1 aliphatic heterocycles. The third-order valence-corrected chi connectivity index (χ3v) is 9.00. The fraction of sp³-hybridized carbons (Fsp3) is 0.259. The fourth-order valence-electron chi connectivity index (χ4n) is 4.39. The summed E-state index contributed by atoms with van der Waals surface area (Å²) in [6.07, 6.45) is -1.08. The van der Waals surface area contributed by atoms with Gasteiger partial charge in [0, 0.05) is 11.7 Å². The number of sulfonamides is 1. The molecular formula is C27H27N3O5S2. The normalized spacial score (nSPS) is 15.5. The van der Waals surface area contributed by atoms with E-state index >= 15 is 0 Å². The van der Waals surface area contributed by atoms with E-state index in [0.717, 1.165) is 32.7 Å². The third-order valence-electron chi connectivity index (χ3n) is 6.28. The van der Waals surface area contributed by atoms with Gasteiger partial charge in [0.1, 0.15) is 5.75 Å². The SMILES string of the molecule is Cc1ccc(S(=O)(=O)N2C[C@H](C(=O)Nc3ccc4c(c3)sc(=O)n4C(C)C)Oc3cc(C)ccc32)cc1. The van der Waals surface area contributed by atoms with Crippen LogP contribution in [0, 0.1) is 13.8 Å². The highest BCUT2D eigenvalue weighted by atomic mass is 32.2. The molecule has 0 bridgehead atoms. The Morgan fingerprint density at radius 2 is 1.73 bits per heavy atom. The summed E-state index contributed by atoms with van der Waals surface area (Å²) in [5.41, 5.74) is 3.51. The van der Waals surface area contributed by atoms with Crippen molar-refractivity contribution < 1.29 is 17.9 Å². The van der Waals surface area contributed by atoms with Gasteiger partial charge in [-0.15, -0.1) is 0 Å². The number of rotatable bonds is 5. The van der Waals surface area contributed by atoms with E-state index in [1.54, 1.807) is 59.2 Å². The molecule has 0 unspecified atom stereocenters. The van der Waals surface area contributed by atoms with Crippen molar-refractivity contribution in [2.24, 2.45) is 0 Å². The Kier molecular flexibility index (Phi) is 6.33. The number of nitrogens with zero attached hydrogens (tertiary/aromatic N) is 2. The summed E-state index contributed by atoms with van der Waals surface area (Å²) in [5.74, 6) is -0.156. The van der Waals surface area contributed by atoms with Gasteiger partial charge in [-0.3, -0.25) is 18.5 Å². The number of ether oxygens (including phenoxy) is 1. The molecule has 37 heavy (non-hydrogen) atoms. The summed E-state index contributed by atoms with van der Waals surface area (Å²) in [5, 5.41) is 2.84. The minimum absolute atomic E-state index is 0.0160. The van der Waals surface area contributed by atoms with E-state index < -0.39 is 22.0 Å². The summed E-state index contributed by atoms with van der Waals surface area (Å²) in [4.78, 5) is 25.8. The number of hydrogen-bond donors (Lipinski definition) is 1. The van der Waals surface area contributed by atoms with Crippen molar-refractivity contribution in [3.8, 4) is 5.75 Å². The van der Waals surface area contributed by atoms with Crippen LogP contribution in [0.3, 0.4) is 0 Å². The highest BCUT2D eigenvalue weighted by Gasteiger charge is 2.37. The van der Waals surface area contributed by atoms with Crippen molar-refractivity contribution in [1.82, 2.24) is 4.57 Å². The molecule has 0 fully saturated rings. The smallest absolute Gasteiger partial charge is 0.308 e. The molecule has 10 heteroatoms. The average molecular weight is 538 g/mol. The first-order valence-corrected chi connectivity index (χ1v) is 14.1. The maximum atomic E-state index is 13.6. The van der Waals surface area contributed by atoms with Crippen molar-refractivity contribution in [3.05, 3.63) is 81.5 Å². The van der Waals surface area contributed by atoms with Crippen LogP contribution in [0.2, 0.25) is 0 Å². The van der Waals surface area contributed by atoms with Crippen molar-refractivity contribution in [1.29, 1.82) is 0 Å². The number of carbonyl (C=O) groups is 1. The van der Waals surface area contributed by atoms with Gasteiger partial charge in [0.2, 0.25) is 0 Å². The molecule has 3 aromatic carbocycles. The Balaban J connectivity index is 1.46. The summed E-state index contributed by atoms with van der Waals surface area (Å²) < 4.78 is 36.9. The van der Waals surface area contributed by atoms with Crippen molar-refractivity contribution in [2.45, 2.75) is 44.7 Å². The first kappa shape index (κ1) is 25.0. The van der Waals surface area contributed by atoms with Gasteiger partial charge in [-0.05, 0) is 75.7 Å². The second kappa shape index (κ2) is 9.35. The molecule has 8 nitrogen and oxygen atoms in total. The van der Waals surface area contributed by atoms with E-state index in [2.05, 4.69) is 5.32 Å². The second-order valence-corrected chi connectivity index (χ2v) is 12.3. The number of thiazole rings is 1. The summed E-state index contributed by atoms with van der Waals surface area (Å²) in [6, 6.07) is 17.1. The molecule has 0 spiro atoms.